The standard InChI is InChI=1S/C15H18BrN3O/c1-10-5-4-6-11(2)14(10)18-15(20)12(3)8-19-9-13(16)7-17-19/h4-7,9,12H,8H2,1-3H3,(H,18,20). The van der Waals surface area contributed by atoms with E-state index in [2.05, 4.69) is 26.3 Å². The van der Waals surface area contributed by atoms with Gasteiger partial charge in [-0.2, -0.15) is 5.10 Å². The van der Waals surface area contributed by atoms with E-state index >= 15 is 0 Å². The number of aryl methyl sites for hydroxylation is 2. The third-order valence-corrected chi connectivity index (χ3v) is 3.65. The van der Waals surface area contributed by atoms with E-state index in [1.54, 1.807) is 10.9 Å². The van der Waals surface area contributed by atoms with E-state index in [1.165, 1.54) is 0 Å². The fraction of sp³-hybridized carbons (Fsp3) is 0.333. The first-order valence-electron chi connectivity index (χ1n) is 6.52. The van der Waals surface area contributed by atoms with Crippen LogP contribution in [-0.2, 0) is 11.3 Å². The van der Waals surface area contributed by atoms with Gasteiger partial charge in [-0.3, -0.25) is 9.48 Å². The Bertz CT molecular complexity index is 601. The number of carbonyl (C=O) groups is 1. The number of nitrogens with one attached hydrogen (secondary N) is 1. The lowest BCUT2D eigenvalue weighted by molar-refractivity contribution is -0.119. The van der Waals surface area contributed by atoms with E-state index in [0.717, 1.165) is 21.3 Å². The summed E-state index contributed by atoms with van der Waals surface area (Å²) in [7, 11) is 0. The van der Waals surface area contributed by atoms with Crippen LogP contribution < -0.4 is 5.32 Å². The van der Waals surface area contributed by atoms with Crippen LogP contribution in [0, 0.1) is 19.8 Å². The number of nitrogens with zero attached hydrogens (tertiary/aromatic N) is 2. The molecule has 0 saturated carbocycles. The van der Waals surface area contributed by atoms with Crippen molar-refractivity contribution in [3.05, 3.63) is 46.2 Å². The molecular formula is C15H18BrN3O. The summed E-state index contributed by atoms with van der Waals surface area (Å²) in [6, 6.07) is 5.99. The van der Waals surface area contributed by atoms with Crippen LogP contribution in [0.1, 0.15) is 18.1 Å². The Kier molecular flexibility index (Phi) is 4.60. The van der Waals surface area contributed by atoms with Gasteiger partial charge in [0.05, 0.1) is 23.1 Å². The van der Waals surface area contributed by atoms with E-state index in [9.17, 15) is 4.79 Å². The summed E-state index contributed by atoms with van der Waals surface area (Å²) in [6.45, 7) is 6.46. The molecule has 1 atom stereocenters. The minimum atomic E-state index is -0.152. The zero-order valence-corrected chi connectivity index (χ0v) is 13.4. The molecule has 0 spiro atoms. The van der Waals surface area contributed by atoms with Crippen LogP contribution in [0.4, 0.5) is 5.69 Å². The summed E-state index contributed by atoms with van der Waals surface area (Å²) < 4.78 is 2.68. The predicted octanol–water partition coefficient (Wildman–Crippen LogP) is 3.54. The normalized spacial score (nSPS) is 12.2. The lowest BCUT2D eigenvalue weighted by Gasteiger charge is -2.15. The molecule has 1 aromatic carbocycles. The summed E-state index contributed by atoms with van der Waals surface area (Å²) in [6.07, 6.45) is 3.58. The van der Waals surface area contributed by atoms with Gasteiger partial charge in [-0.15, -0.1) is 0 Å². The maximum absolute atomic E-state index is 12.3. The monoisotopic (exact) mass is 335 g/mol. The molecule has 1 unspecified atom stereocenters. The second kappa shape index (κ2) is 6.22. The van der Waals surface area contributed by atoms with Crippen molar-refractivity contribution in [1.82, 2.24) is 9.78 Å². The summed E-state index contributed by atoms with van der Waals surface area (Å²) in [5.41, 5.74) is 3.06. The van der Waals surface area contributed by atoms with Gasteiger partial charge in [0.25, 0.3) is 0 Å². The molecule has 1 amide bonds. The largest absolute Gasteiger partial charge is 0.325 e. The molecule has 1 aromatic heterocycles. The number of amides is 1. The highest BCUT2D eigenvalue weighted by atomic mass is 79.9. The predicted molar refractivity (Wildman–Crippen MR) is 83.6 cm³/mol. The molecule has 0 aliphatic carbocycles. The fourth-order valence-electron chi connectivity index (χ4n) is 2.06. The average Bonchev–Trinajstić information content (AvgIpc) is 2.79. The highest BCUT2D eigenvalue weighted by molar-refractivity contribution is 9.10. The minimum absolute atomic E-state index is 0.00835. The molecule has 0 bridgehead atoms. The van der Waals surface area contributed by atoms with E-state index < -0.39 is 0 Å². The third-order valence-electron chi connectivity index (χ3n) is 3.24. The lowest BCUT2D eigenvalue weighted by atomic mass is 10.1. The summed E-state index contributed by atoms with van der Waals surface area (Å²) in [5.74, 6) is -0.144. The van der Waals surface area contributed by atoms with Crippen LogP contribution in [0.15, 0.2) is 35.1 Å². The lowest BCUT2D eigenvalue weighted by Crippen LogP contribution is -2.25. The second-order valence-electron chi connectivity index (χ2n) is 5.04. The molecule has 20 heavy (non-hydrogen) atoms. The molecule has 0 radical (unpaired) electrons. The van der Waals surface area contributed by atoms with Gasteiger partial charge in [0.2, 0.25) is 5.91 Å². The van der Waals surface area contributed by atoms with E-state index in [0.29, 0.717) is 6.54 Å². The number of hydrogen-bond acceptors (Lipinski definition) is 2. The van der Waals surface area contributed by atoms with E-state index in [4.69, 9.17) is 0 Å². The number of rotatable bonds is 4. The molecule has 4 nitrogen and oxygen atoms in total. The molecule has 1 heterocycles. The first-order valence-corrected chi connectivity index (χ1v) is 7.31. The molecule has 2 rings (SSSR count). The number of hydrogen-bond donors (Lipinski definition) is 1. The molecule has 0 saturated heterocycles. The Morgan fingerprint density at radius 2 is 2.05 bits per heavy atom. The number of carbonyl (C=O) groups excluding carboxylic acids is 1. The Hall–Kier alpha value is -1.62. The van der Waals surface area contributed by atoms with Gasteiger partial charge >= 0.3 is 0 Å². The fourth-order valence-corrected chi connectivity index (χ4v) is 2.39. The van der Waals surface area contributed by atoms with Gasteiger partial charge in [0.15, 0.2) is 0 Å². The molecule has 106 valence electrons. The molecule has 1 N–H and O–H groups in total. The number of para-hydroxylation sites is 1. The van der Waals surface area contributed by atoms with Crippen LogP contribution in [0.5, 0.6) is 0 Å². The Morgan fingerprint density at radius 1 is 1.40 bits per heavy atom. The van der Waals surface area contributed by atoms with Gasteiger partial charge in [-0.25, -0.2) is 0 Å². The van der Waals surface area contributed by atoms with Crippen LogP contribution >= 0.6 is 15.9 Å². The zero-order valence-electron chi connectivity index (χ0n) is 11.9. The van der Waals surface area contributed by atoms with Gasteiger partial charge in [-0.05, 0) is 40.9 Å². The maximum atomic E-state index is 12.3. The highest BCUT2D eigenvalue weighted by Crippen LogP contribution is 2.20. The Balaban J connectivity index is 2.04. The number of anilines is 1. The summed E-state index contributed by atoms with van der Waals surface area (Å²) in [4.78, 5) is 12.3. The minimum Gasteiger partial charge on any atom is -0.325 e. The Labute approximate surface area is 127 Å². The molecular weight excluding hydrogens is 318 g/mol. The van der Waals surface area contributed by atoms with Crippen LogP contribution in [0.2, 0.25) is 0 Å². The van der Waals surface area contributed by atoms with Crippen molar-refractivity contribution in [2.75, 3.05) is 5.32 Å². The number of benzene rings is 1. The SMILES string of the molecule is Cc1cccc(C)c1NC(=O)C(C)Cn1cc(Br)cn1. The molecule has 5 heteroatoms. The van der Waals surface area contributed by atoms with Gasteiger partial charge in [0, 0.05) is 11.9 Å². The van der Waals surface area contributed by atoms with Crippen molar-refractivity contribution in [2.45, 2.75) is 27.3 Å². The molecule has 0 aliphatic rings. The summed E-state index contributed by atoms with van der Waals surface area (Å²) >= 11 is 3.35. The van der Waals surface area contributed by atoms with Crippen molar-refractivity contribution >= 4 is 27.5 Å². The van der Waals surface area contributed by atoms with Gasteiger partial charge in [-0.1, -0.05) is 25.1 Å². The van der Waals surface area contributed by atoms with Crippen LogP contribution in [0.25, 0.3) is 0 Å². The topological polar surface area (TPSA) is 46.9 Å². The highest BCUT2D eigenvalue weighted by Gasteiger charge is 2.16. The second-order valence-corrected chi connectivity index (χ2v) is 5.95. The Morgan fingerprint density at radius 3 is 2.60 bits per heavy atom. The van der Waals surface area contributed by atoms with Crippen molar-refractivity contribution < 1.29 is 4.79 Å². The smallest absolute Gasteiger partial charge is 0.229 e. The van der Waals surface area contributed by atoms with Gasteiger partial charge in [0.1, 0.15) is 0 Å². The molecule has 2 aromatic rings. The average molecular weight is 336 g/mol. The summed E-state index contributed by atoms with van der Waals surface area (Å²) in [5, 5.41) is 7.18. The molecule has 0 aliphatic heterocycles. The third kappa shape index (κ3) is 3.48. The van der Waals surface area contributed by atoms with Crippen LogP contribution in [0.3, 0.4) is 0 Å². The van der Waals surface area contributed by atoms with Gasteiger partial charge < -0.3 is 5.32 Å². The van der Waals surface area contributed by atoms with E-state index in [1.807, 2.05) is 45.2 Å². The number of aromatic nitrogens is 2. The van der Waals surface area contributed by atoms with Crippen molar-refractivity contribution in [2.24, 2.45) is 5.92 Å². The van der Waals surface area contributed by atoms with E-state index in [-0.39, 0.29) is 11.8 Å². The zero-order chi connectivity index (χ0) is 14.7. The van der Waals surface area contributed by atoms with Crippen LogP contribution in [-0.4, -0.2) is 15.7 Å². The number of halogens is 1. The molecule has 0 fully saturated rings. The first kappa shape index (κ1) is 14.8. The van der Waals surface area contributed by atoms with Crippen molar-refractivity contribution in [1.29, 1.82) is 0 Å². The van der Waals surface area contributed by atoms with Crippen molar-refractivity contribution in [3.63, 3.8) is 0 Å². The quantitative estimate of drug-likeness (QED) is 0.928. The first-order chi connectivity index (χ1) is 9.47. The van der Waals surface area contributed by atoms with Crippen molar-refractivity contribution in [3.8, 4) is 0 Å². The maximum Gasteiger partial charge on any atom is 0.229 e.